The van der Waals surface area contributed by atoms with Crippen LogP contribution >= 0.6 is 0 Å². The highest BCUT2D eigenvalue weighted by atomic mass is 16.4. The Kier molecular flexibility index (Phi) is 2.70. The first-order valence-corrected chi connectivity index (χ1v) is 4.13. The third-order valence-corrected chi connectivity index (χ3v) is 2.26. The van der Waals surface area contributed by atoms with E-state index in [1.807, 2.05) is 0 Å². The Bertz CT molecular complexity index is 267. The van der Waals surface area contributed by atoms with Gasteiger partial charge >= 0.3 is 11.9 Å². The number of rotatable bonds is 2. The number of aliphatic carboxylic acids is 2. The standard InChI is InChI=1S/C9H12O4/c1-5-2-6(8(10)11)4-7(3-5)9(12)13/h2,6-7H,3-4H2,1H3,(H,10,11)(H,12,13). The maximum Gasteiger partial charge on any atom is 0.310 e. The van der Waals surface area contributed by atoms with Crippen molar-refractivity contribution in [2.75, 3.05) is 0 Å². The van der Waals surface area contributed by atoms with Crippen LogP contribution in [0.3, 0.4) is 0 Å². The van der Waals surface area contributed by atoms with E-state index in [-0.39, 0.29) is 6.42 Å². The van der Waals surface area contributed by atoms with Crippen LogP contribution in [0.1, 0.15) is 19.8 Å². The Balaban J connectivity index is 2.77. The maximum absolute atomic E-state index is 10.6. The SMILES string of the molecule is CC1=CC(C(=O)O)CC(C(=O)O)C1. The van der Waals surface area contributed by atoms with E-state index in [0.29, 0.717) is 6.42 Å². The Morgan fingerprint density at radius 3 is 2.46 bits per heavy atom. The van der Waals surface area contributed by atoms with Crippen LogP contribution in [-0.2, 0) is 9.59 Å². The van der Waals surface area contributed by atoms with Crippen LogP contribution < -0.4 is 0 Å². The van der Waals surface area contributed by atoms with Crippen molar-refractivity contribution < 1.29 is 19.8 Å². The lowest BCUT2D eigenvalue weighted by atomic mass is 9.83. The smallest absolute Gasteiger partial charge is 0.310 e. The first-order valence-electron chi connectivity index (χ1n) is 4.13. The van der Waals surface area contributed by atoms with E-state index >= 15 is 0 Å². The van der Waals surface area contributed by atoms with Crippen LogP contribution in [0, 0.1) is 11.8 Å². The van der Waals surface area contributed by atoms with Gasteiger partial charge in [0.15, 0.2) is 0 Å². The fourth-order valence-corrected chi connectivity index (χ4v) is 1.62. The molecule has 0 spiro atoms. The Morgan fingerprint density at radius 2 is 2.00 bits per heavy atom. The summed E-state index contributed by atoms with van der Waals surface area (Å²) in [5.74, 6) is -3.01. The summed E-state index contributed by atoms with van der Waals surface area (Å²) in [6.45, 7) is 1.77. The van der Waals surface area contributed by atoms with Gasteiger partial charge in [0.2, 0.25) is 0 Å². The van der Waals surface area contributed by atoms with Crippen molar-refractivity contribution in [3.05, 3.63) is 11.6 Å². The zero-order valence-electron chi connectivity index (χ0n) is 7.36. The van der Waals surface area contributed by atoms with E-state index in [1.54, 1.807) is 13.0 Å². The van der Waals surface area contributed by atoms with Crippen molar-refractivity contribution in [2.45, 2.75) is 19.8 Å². The average molecular weight is 184 g/mol. The second kappa shape index (κ2) is 3.60. The number of carboxylic acids is 2. The number of hydrogen-bond donors (Lipinski definition) is 2. The van der Waals surface area contributed by atoms with E-state index in [2.05, 4.69) is 0 Å². The minimum Gasteiger partial charge on any atom is -0.481 e. The summed E-state index contributed by atoms with van der Waals surface area (Å²) in [6.07, 6.45) is 2.32. The van der Waals surface area contributed by atoms with Gasteiger partial charge in [-0.05, 0) is 19.8 Å². The first-order chi connectivity index (χ1) is 6.00. The second-order valence-electron chi connectivity index (χ2n) is 3.43. The third kappa shape index (κ3) is 2.31. The van der Waals surface area contributed by atoms with Crippen molar-refractivity contribution in [1.82, 2.24) is 0 Å². The number of carboxylic acid groups (broad SMARTS) is 2. The van der Waals surface area contributed by atoms with Gasteiger partial charge in [0, 0.05) is 0 Å². The van der Waals surface area contributed by atoms with Crippen LogP contribution in [0.5, 0.6) is 0 Å². The van der Waals surface area contributed by atoms with Gasteiger partial charge in [-0.15, -0.1) is 0 Å². The van der Waals surface area contributed by atoms with E-state index in [9.17, 15) is 9.59 Å². The van der Waals surface area contributed by atoms with Gasteiger partial charge in [0.1, 0.15) is 0 Å². The predicted molar refractivity (Wildman–Crippen MR) is 45.2 cm³/mol. The molecule has 1 aliphatic rings. The molecule has 4 heteroatoms. The molecule has 0 aromatic heterocycles. The van der Waals surface area contributed by atoms with Gasteiger partial charge < -0.3 is 10.2 Å². The van der Waals surface area contributed by atoms with Crippen molar-refractivity contribution in [3.63, 3.8) is 0 Å². The molecule has 0 saturated carbocycles. The molecule has 0 saturated heterocycles. The molecule has 0 amide bonds. The Morgan fingerprint density at radius 1 is 1.38 bits per heavy atom. The number of hydrogen-bond acceptors (Lipinski definition) is 2. The molecule has 0 aromatic rings. The fourth-order valence-electron chi connectivity index (χ4n) is 1.62. The molecular formula is C9H12O4. The van der Waals surface area contributed by atoms with E-state index < -0.39 is 23.8 Å². The van der Waals surface area contributed by atoms with Gasteiger partial charge in [-0.1, -0.05) is 11.6 Å². The molecule has 2 atom stereocenters. The highest BCUT2D eigenvalue weighted by Crippen LogP contribution is 2.28. The lowest BCUT2D eigenvalue weighted by Gasteiger charge is -2.21. The number of carbonyl (C=O) groups is 2. The molecule has 2 N–H and O–H groups in total. The summed E-state index contributed by atoms with van der Waals surface area (Å²) in [4.78, 5) is 21.3. The van der Waals surface area contributed by atoms with E-state index in [1.165, 1.54) is 0 Å². The average Bonchev–Trinajstić information content (AvgIpc) is 2.03. The Hall–Kier alpha value is -1.32. The monoisotopic (exact) mass is 184 g/mol. The van der Waals surface area contributed by atoms with Crippen LogP contribution in [0.15, 0.2) is 11.6 Å². The van der Waals surface area contributed by atoms with Crippen LogP contribution in [0.2, 0.25) is 0 Å². The van der Waals surface area contributed by atoms with Gasteiger partial charge in [0.05, 0.1) is 11.8 Å². The highest BCUT2D eigenvalue weighted by molar-refractivity contribution is 5.76. The van der Waals surface area contributed by atoms with Crippen molar-refractivity contribution in [3.8, 4) is 0 Å². The van der Waals surface area contributed by atoms with Crippen molar-refractivity contribution in [1.29, 1.82) is 0 Å². The van der Waals surface area contributed by atoms with Gasteiger partial charge in [-0.3, -0.25) is 9.59 Å². The van der Waals surface area contributed by atoms with Gasteiger partial charge in [-0.25, -0.2) is 0 Å². The molecule has 13 heavy (non-hydrogen) atoms. The molecule has 1 rings (SSSR count). The quantitative estimate of drug-likeness (QED) is 0.631. The largest absolute Gasteiger partial charge is 0.481 e. The second-order valence-corrected chi connectivity index (χ2v) is 3.43. The van der Waals surface area contributed by atoms with Gasteiger partial charge in [0.25, 0.3) is 0 Å². The summed E-state index contributed by atoms with van der Waals surface area (Å²) in [7, 11) is 0. The normalized spacial score (nSPS) is 27.9. The summed E-state index contributed by atoms with van der Waals surface area (Å²) in [5.41, 5.74) is 0.853. The Labute approximate surface area is 75.9 Å². The minimum atomic E-state index is -0.940. The predicted octanol–water partition coefficient (Wildman–Crippen LogP) is 1.13. The van der Waals surface area contributed by atoms with Crippen LogP contribution in [0.25, 0.3) is 0 Å². The molecule has 0 aliphatic heterocycles. The molecule has 0 aromatic carbocycles. The highest BCUT2D eigenvalue weighted by Gasteiger charge is 2.29. The summed E-state index contributed by atoms with van der Waals surface area (Å²) in [5, 5.41) is 17.5. The fraction of sp³-hybridized carbons (Fsp3) is 0.556. The zero-order chi connectivity index (χ0) is 10.0. The molecule has 0 bridgehead atoms. The molecule has 0 heterocycles. The topological polar surface area (TPSA) is 74.6 Å². The first kappa shape index (κ1) is 9.77. The lowest BCUT2D eigenvalue weighted by Crippen LogP contribution is -2.25. The molecule has 0 fully saturated rings. The lowest BCUT2D eigenvalue weighted by molar-refractivity contribution is -0.145. The molecular weight excluding hydrogens is 172 g/mol. The molecule has 4 nitrogen and oxygen atoms in total. The molecule has 0 radical (unpaired) electrons. The van der Waals surface area contributed by atoms with Crippen molar-refractivity contribution >= 4 is 11.9 Å². The maximum atomic E-state index is 10.6. The molecule has 2 unspecified atom stereocenters. The zero-order valence-corrected chi connectivity index (χ0v) is 7.36. The van der Waals surface area contributed by atoms with Crippen LogP contribution in [0.4, 0.5) is 0 Å². The number of allylic oxidation sites excluding steroid dienone is 1. The molecule has 72 valence electrons. The van der Waals surface area contributed by atoms with E-state index in [4.69, 9.17) is 10.2 Å². The molecule has 1 aliphatic carbocycles. The summed E-state index contributed by atoms with van der Waals surface area (Å²) >= 11 is 0. The van der Waals surface area contributed by atoms with Crippen molar-refractivity contribution in [2.24, 2.45) is 11.8 Å². The summed E-state index contributed by atoms with van der Waals surface area (Å²) in [6, 6.07) is 0. The van der Waals surface area contributed by atoms with E-state index in [0.717, 1.165) is 5.57 Å². The van der Waals surface area contributed by atoms with Gasteiger partial charge in [-0.2, -0.15) is 0 Å². The summed E-state index contributed by atoms with van der Waals surface area (Å²) < 4.78 is 0. The minimum absolute atomic E-state index is 0.210. The van der Waals surface area contributed by atoms with Crippen LogP contribution in [-0.4, -0.2) is 22.2 Å². The third-order valence-electron chi connectivity index (χ3n) is 2.26.